The third-order valence-electron chi connectivity index (χ3n) is 3.06. The highest BCUT2D eigenvalue weighted by Crippen LogP contribution is 2.52. The molecule has 0 atom stereocenters. The smallest absolute Gasteiger partial charge is 0.394 e. The van der Waals surface area contributed by atoms with Gasteiger partial charge in [0.15, 0.2) is 0 Å². The molecule has 4 nitrogen and oxygen atoms in total. The largest absolute Gasteiger partial charge is 0.584 e. The molecule has 0 aliphatic carbocycles. The number of thiol groups is 4. The summed E-state index contributed by atoms with van der Waals surface area (Å²) in [6.07, 6.45) is 0.411. The molecule has 2 aromatic rings. The molecular weight excluding hydrogens is 379 g/mol. The average molecular weight is 390 g/mol. The van der Waals surface area contributed by atoms with Crippen LogP contribution in [0, 0.1) is 0 Å². The Morgan fingerprint density at radius 2 is 1.27 bits per heavy atom. The van der Waals surface area contributed by atoms with E-state index in [9.17, 15) is 9.46 Å². The lowest BCUT2D eigenvalue weighted by Gasteiger charge is -2.24. The highest BCUT2D eigenvalue weighted by atomic mass is 32.1. The molecule has 2 aromatic carbocycles. The molecule has 1 N–H and O–H groups in total. The van der Waals surface area contributed by atoms with Crippen molar-refractivity contribution >= 4 is 58.3 Å². The summed E-state index contributed by atoms with van der Waals surface area (Å²) in [5.74, 6) is 0.422. The summed E-state index contributed by atoms with van der Waals surface area (Å²) < 4.78 is 22.6. The lowest BCUT2D eigenvalue weighted by atomic mass is 10.0. The number of rotatable bonds is 0. The topological polar surface area (TPSA) is 55.8 Å². The Morgan fingerprint density at radius 3 is 1.68 bits per heavy atom. The van der Waals surface area contributed by atoms with E-state index in [1.54, 1.807) is 24.3 Å². The van der Waals surface area contributed by atoms with Gasteiger partial charge in [-0.05, 0) is 24.3 Å². The van der Waals surface area contributed by atoms with Crippen molar-refractivity contribution in [2.75, 3.05) is 0 Å². The fraction of sp³-hybridized carbons (Fsp3) is 0.0769. The molecule has 9 heteroatoms. The van der Waals surface area contributed by atoms with Crippen LogP contribution in [-0.4, -0.2) is 4.89 Å². The molecule has 1 aliphatic heterocycles. The highest BCUT2D eigenvalue weighted by Gasteiger charge is 2.32. The van der Waals surface area contributed by atoms with E-state index >= 15 is 0 Å². The number of hydrogen-bond donors (Lipinski definition) is 5. The van der Waals surface area contributed by atoms with Gasteiger partial charge >= 0.3 is 7.82 Å². The molecule has 1 heterocycles. The Labute approximate surface area is 149 Å². The van der Waals surface area contributed by atoms with Gasteiger partial charge in [0.2, 0.25) is 0 Å². The van der Waals surface area contributed by atoms with Crippen LogP contribution in [0.4, 0.5) is 0 Å². The van der Waals surface area contributed by atoms with Gasteiger partial charge in [0.1, 0.15) is 11.5 Å². The van der Waals surface area contributed by atoms with E-state index in [0.29, 0.717) is 37.1 Å². The van der Waals surface area contributed by atoms with Gasteiger partial charge in [0, 0.05) is 37.1 Å². The van der Waals surface area contributed by atoms with Crippen LogP contribution in [0.3, 0.4) is 0 Å². The zero-order valence-electron chi connectivity index (χ0n) is 10.9. The van der Waals surface area contributed by atoms with E-state index < -0.39 is 7.82 Å². The maximum atomic E-state index is 12.2. The minimum atomic E-state index is -4.35. The average Bonchev–Trinajstić information content (AvgIpc) is 2.36. The Hall–Kier alpha value is -0.370. The van der Waals surface area contributed by atoms with E-state index in [0.717, 1.165) is 0 Å². The molecule has 0 bridgehead atoms. The molecule has 0 saturated carbocycles. The Morgan fingerprint density at radius 1 is 0.864 bits per heavy atom. The van der Waals surface area contributed by atoms with Gasteiger partial charge in [-0.15, -0.1) is 50.5 Å². The molecule has 0 aromatic heterocycles. The maximum absolute atomic E-state index is 12.2. The maximum Gasteiger partial charge on any atom is 0.584 e. The second-order valence-corrected chi connectivity index (χ2v) is 8.03. The van der Waals surface area contributed by atoms with Crippen molar-refractivity contribution < 1.29 is 18.5 Å². The van der Waals surface area contributed by atoms with Crippen LogP contribution in [0.2, 0.25) is 0 Å². The molecule has 0 spiro atoms. The summed E-state index contributed by atoms with van der Waals surface area (Å²) in [6, 6.07) is 6.78. The normalized spacial score (nSPS) is 15.7. The van der Waals surface area contributed by atoms with E-state index in [-0.39, 0.29) is 11.5 Å². The zero-order valence-corrected chi connectivity index (χ0v) is 15.4. The van der Waals surface area contributed by atoms with Crippen molar-refractivity contribution in [2.45, 2.75) is 26.0 Å². The Kier molecular flexibility index (Phi) is 4.44. The van der Waals surface area contributed by atoms with Gasteiger partial charge < -0.3 is 9.05 Å². The molecule has 1 aliphatic rings. The first kappa shape index (κ1) is 16.5. The predicted octanol–water partition coefficient (Wildman–Crippen LogP) is 4.30. The fourth-order valence-corrected chi connectivity index (χ4v) is 4.74. The minimum Gasteiger partial charge on any atom is -0.394 e. The summed E-state index contributed by atoms with van der Waals surface area (Å²) in [5, 5.41) is 0. The summed E-state index contributed by atoms with van der Waals surface area (Å²) in [6.45, 7) is 0. The number of benzene rings is 2. The monoisotopic (exact) mass is 390 g/mol. The van der Waals surface area contributed by atoms with Crippen LogP contribution in [-0.2, 0) is 11.0 Å². The fourth-order valence-electron chi connectivity index (χ4n) is 2.24. The minimum absolute atomic E-state index is 0.211. The van der Waals surface area contributed by atoms with Gasteiger partial charge in [-0.1, -0.05) is 0 Å². The molecule has 0 amide bonds. The van der Waals surface area contributed by atoms with Gasteiger partial charge in [-0.25, -0.2) is 4.57 Å². The van der Waals surface area contributed by atoms with E-state index in [2.05, 4.69) is 50.5 Å². The van der Waals surface area contributed by atoms with Crippen molar-refractivity contribution in [1.82, 2.24) is 0 Å². The molecule has 0 unspecified atom stereocenters. The van der Waals surface area contributed by atoms with Crippen LogP contribution < -0.4 is 9.05 Å². The molecule has 22 heavy (non-hydrogen) atoms. The van der Waals surface area contributed by atoms with Gasteiger partial charge in [0.25, 0.3) is 0 Å². The van der Waals surface area contributed by atoms with Crippen molar-refractivity contribution in [3.63, 3.8) is 0 Å². The van der Waals surface area contributed by atoms with E-state index in [1.807, 2.05) is 0 Å². The van der Waals surface area contributed by atoms with Gasteiger partial charge in [0.05, 0.1) is 0 Å². The standard InChI is InChI=1S/C13H11O4PS4/c14-18(15)16-12-6(2-8(19)4-10(12)21)1-7-3-9(20)5-11(22)13(7)17-18/h2-5,19-22H,1H2,(H,14,15). The first-order chi connectivity index (χ1) is 10.2. The lowest BCUT2D eigenvalue weighted by molar-refractivity contribution is 0.282. The Balaban J connectivity index is 2.26. The molecule has 3 rings (SSSR count). The SMILES string of the molecule is O=P1(O)Oc2c(S)cc(S)cc2Cc2cc(S)cc(S)c2O1. The lowest BCUT2D eigenvalue weighted by Crippen LogP contribution is -2.09. The predicted molar refractivity (Wildman–Crippen MR) is 95.8 cm³/mol. The third kappa shape index (κ3) is 3.27. The summed E-state index contributed by atoms with van der Waals surface area (Å²) in [5.41, 5.74) is 1.37. The summed E-state index contributed by atoms with van der Waals surface area (Å²) in [7, 11) is -4.35. The van der Waals surface area contributed by atoms with Crippen LogP contribution in [0.25, 0.3) is 0 Å². The van der Waals surface area contributed by atoms with E-state index in [4.69, 9.17) is 9.05 Å². The van der Waals surface area contributed by atoms with E-state index in [1.165, 1.54) is 0 Å². The van der Waals surface area contributed by atoms with Crippen molar-refractivity contribution in [3.8, 4) is 11.5 Å². The number of phosphoric ester groups is 1. The first-order valence-corrected chi connectivity index (χ1v) is 9.35. The van der Waals surface area contributed by atoms with Crippen molar-refractivity contribution in [2.24, 2.45) is 0 Å². The van der Waals surface area contributed by atoms with Crippen LogP contribution in [0.1, 0.15) is 11.1 Å². The highest BCUT2D eigenvalue weighted by molar-refractivity contribution is 7.81. The molecular formula is C13H11O4PS4. The molecule has 116 valence electrons. The van der Waals surface area contributed by atoms with Crippen LogP contribution >= 0.6 is 58.3 Å². The van der Waals surface area contributed by atoms with Gasteiger partial charge in [-0.2, -0.15) is 0 Å². The molecule has 0 saturated heterocycles. The van der Waals surface area contributed by atoms with Crippen LogP contribution in [0.15, 0.2) is 43.8 Å². The Bertz CT molecular complexity index is 761. The first-order valence-electron chi connectivity index (χ1n) is 6.07. The zero-order chi connectivity index (χ0) is 16.1. The van der Waals surface area contributed by atoms with Crippen LogP contribution in [0.5, 0.6) is 11.5 Å². The number of fused-ring (bicyclic) bond motifs is 2. The quantitative estimate of drug-likeness (QED) is 0.344. The molecule has 0 fully saturated rings. The number of hydrogen-bond acceptors (Lipinski definition) is 7. The number of phosphoric acid groups is 1. The van der Waals surface area contributed by atoms with Crippen molar-refractivity contribution in [1.29, 1.82) is 0 Å². The second kappa shape index (κ2) is 5.92. The van der Waals surface area contributed by atoms with Gasteiger partial charge in [-0.3, -0.25) is 4.89 Å². The summed E-state index contributed by atoms with van der Waals surface area (Å²) in [4.78, 5) is 12.1. The summed E-state index contributed by atoms with van der Waals surface area (Å²) >= 11 is 17.2. The molecule has 0 radical (unpaired) electrons. The van der Waals surface area contributed by atoms with Crippen molar-refractivity contribution in [3.05, 3.63) is 35.4 Å². The third-order valence-corrected chi connectivity index (χ3v) is 5.06. The second-order valence-electron chi connectivity index (χ2n) is 4.73.